The van der Waals surface area contributed by atoms with Crippen molar-refractivity contribution in [1.29, 1.82) is 0 Å². The number of nitrogens with one attached hydrogen (secondary N) is 1. The van der Waals surface area contributed by atoms with E-state index in [1.807, 2.05) is 51.1 Å². The van der Waals surface area contributed by atoms with Gasteiger partial charge in [-0.3, -0.25) is 9.10 Å². The van der Waals surface area contributed by atoms with Gasteiger partial charge in [-0.1, -0.05) is 48.9 Å². The molecule has 0 bridgehead atoms. The van der Waals surface area contributed by atoms with Gasteiger partial charge in [-0.05, 0) is 43.5 Å². The molecule has 0 aliphatic carbocycles. The number of nitrogens with zero attached hydrogens (tertiary/aromatic N) is 1. The summed E-state index contributed by atoms with van der Waals surface area (Å²) < 4.78 is 26.0. The summed E-state index contributed by atoms with van der Waals surface area (Å²) in [4.78, 5) is 12.8. The van der Waals surface area contributed by atoms with Gasteiger partial charge in [0, 0.05) is 6.54 Å². The molecule has 0 aromatic heterocycles. The molecule has 1 amide bonds. The maximum Gasteiger partial charge on any atom is 0.244 e. The number of amides is 1. The molecular weight excluding hydrogens is 348 g/mol. The molecule has 0 radical (unpaired) electrons. The summed E-state index contributed by atoms with van der Waals surface area (Å²) in [5.41, 5.74) is 3.53. The quantitative estimate of drug-likeness (QED) is 0.809. The van der Waals surface area contributed by atoms with Crippen molar-refractivity contribution in [2.24, 2.45) is 0 Å². The third kappa shape index (κ3) is 5.08. The Morgan fingerprint density at radius 1 is 1.08 bits per heavy atom. The number of hydrogen-bond donors (Lipinski definition) is 1. The second kappa shape index (κ2) is 8.36. The normalized spacial score (nSPS) is 12.5. The van der Waals surface area contributed by atoms with E-state index in [-0.39, 0.29) is 5.91 Å². The lowest BCUT2D eigenvalue weighted by Crippen LogP contribution is -2.49. The molecule has 2 aromatic carbocycles. The highest BCUT2D eigenvalue weighted by Gasteiger charge is 2.31. The van der Waals surface area contributed by atoms with E-state index in [1.165, 1.54) is 4.31 Å². The fourth-order valence-electron chi connectivity index (χ4n) is 2.95. The van der Waals surface area contributed by atoms with Gasteiger partial charge in [0.2, 0.25) is 15.9 Å². The van der Waals surface area contributed by atoms with E-state index >= 15 is 0 Å². The van der Waals surface area contributed by atoms with Crippen molar-refractivity contribution >= 4 is 21.6 Å². The summed E-state index contributed by atoms with van der Waals surface area (Å²) in [5, 5.41) is 2.87. The molecule has 26 heavy (non-hydrogen) atoms. The molecule has 0 fully saturated rings. The van der Waals surface area contributed by atoms with Crippen LogP contribution in [-0.4, -0.2) is 26.6 Å². The van der Waals surface area contributed by atoms with Gasteiger partial charge in [0.1, 0.15) is 6.04 Å². The predicted molar refractivity (Wildman–Crippen MR) is 106 cm³/mol. The molecule has 0 heterocycles. The molecule has 2 rings (SSSR count). The van der Waals surface area contributed by atoms with Crippen LogP contribution >= 0.6 is 0 Å². The van der Waals surface area contributed by atoms with Crippen LogP contribution in [-0.2, 0) is 21.4 Å². The number of benzene rings is 2. The summed E-state index contributed by atoms with van der Waals surface area (Å²) in [7, 11) is -3.61. The summed E-state index contributed by atoms with van der Waals surface area (Å²) >= 11 is 0. The minimum Gasteiger partial charge on any atom is -0.350 e. The van der Waals surface area contributed by atoms with Gasteiger partial charge in [0.15, 0.2) is 0 Å². The minimum absolute atomic E-state index is 0.305. The minimum atomic E-state index is -3.61. The van der Waals surface area contributed by atoms with Gasteiger partial charge in [0.05, 0.1) is 11.9 Å². The maximum atomic E-state index is 12.8. The van der Waals surface area contributed by atoms with Gasteiger partial charge in [0.25, 0.3) is 0 Å². The largest absolute Gasteiger partial charge is 0.350 e. The van der Waals surface area contributed by atoms with Crippen LogP contribution in [0.1, 0.15) is 30.0 Å². The predicted octanol–water partition coefficient (Wildman–Crippen LogP) is 3.16. The van der Waals surface area contributed by atoms with E-state index in [0.29, 0.717) is 18.7 Å². The Morgan fingerprint density at radius 2 is 1.69 bits per heavy atom. The molecule has 6 heteroatoms. The Bertz CT molecular complexity index is 878. The summed E-state index contributed by atoms with van der Waals surface area (Å²) in [6.07, 6.45) is 1.51. The Morgan fingerprint density at radius 3 is 2.23 bits per heavy atom. The van der Waals surface area contributed by atoms with Crippen molar-refractivity contribution in [3.8, 4) is 0 Å². The van der Waals surface area contributed by atoms with E-state index in [9.17, 15) is 13.2 Å². The number of carbonyl (C=O) groups is 1. The zero-order valence-electron chi connectivity index (χ0n) is 15.7. The molecule has 0 aliphatic rings. The smallest absolute Gasteiger partial charge is 0.244 e. The zero-order valence-corrected chi connectivity index (χ0v) is 16.5. The first kappa shape index (κ1) is 20.0. The highest BCUT2D eigenvalue weighted by Crippen LogP contribution is 2.23. The molecule has 1 N–H and O–H groups in total. The standard InChI is InChI=1S/C20H26N2O3S/c1-5-19(20(23)21-14-17-10-6-8-15(2)12-17)22(26(4,24)25)18-11-7-9-16(3)13-18/h6-13,19H,5,14H2,1-4H3,(H,21,23)/t19-/m1/s1. The van der Waals surface area contributed by atoms with Crippen molar-refractivity contribution in [2.75, 3.05) is 10.6 Å². The van der Waals surface area contributed by atoms with Crippen LogP contribution in [0.5, 0.6) is 0 Å². The van der Waals surface area contributed by atoms with E-state index < -0.39 is 16.1 Å². The van der Waals surface area contributed by atoms with Crippen molar-refractivity contribution in [3.63, 3.8) is 0 Å². The topological polar surface area (TPSA) is 66.5 Å². The monoisotopic (exact) mass is 374 g/mol. The number of rotatable bonds is 7. The van der Waals surface area contributed by atoms with E-state index in [1.54, 1.807) is 18.2 Å². The van der Waals surface area contributed by atoms with Crippen molar-refractivity contribution in [3.05, 3.63) is 65.2 Å². The SMILES string of the molecule is CC[C@H](C(=O)NCc1cccc(C)c1)N(c1cccc(C)c1)S(C)(=O)=O. The fraction of sp³-hybridized carbons (Fsp3) is 0.350. The second-order valence-corrected chi connectivity index (χ2v) is 8.39. The van der Waals surface area contributed by atoms with Crippen LogP contribution in [0.2, 0.25) is 0 Å². The van der Waals surface area contributed by atoms with Crippen LogP contribution in [0.4, 0.5) is 5.69 Å². The van der Waals surface area contributed by atoms with Crippen molar-refractivity contribution < 1.29 is 13.2 Å². The van der Waals surface area contributed by atoms with Gasteiger partial charge < -0.3 is 5.32 Å². The second-order valence-electron chi connectivity index (χ2n) is 6.53. The highest BCUT2D eigenvalue weighted by molar-refractivity contribution is 7.92. The van der Waals surface area contributed by atoms with E-state index in [4.69, 9.17) is 0 Å². The summed E-state index contributed by atoms with van der Waals surface area (Å²) in [5.74, 6) is -0.305. The average Bonchev–Trinajstić information content (AvgIpc) is 2.56. The third-order valence-electron chi connectivity index (χ3n) is 4.14. The number of aryl methyl sites for hydroxylation is 2. The lowest BCUT2D eigenvalue weighted by atomic mass is 10.1. The van der Waals surface area contributed by atoms with E-state index in [0.717, 1.165) is 22.9 Å². The molecule has 1 atom stereocenters. The Balaban J connectivity index is 2.25. The molecular formula is C20H26N2O3S. The number of hydrogen-bond acceptors (Lipinski definition) is 3. The summed E-state index contributed by atoms with van der Waals surface area (Å²) in [6, 6.07) is 14.2. The summed E-state index contributed by atoms with van der Waals surface area (Å²) in [6.45, 7) is 6.05. The van der Waals surface area contributed by atoms with Crippen LogP contribution in [0.3, 0.4) is 0 Å². The van der Waals surface area contributed by atoms with Crippen LogP contribution in [0, 0.1) is 13.8 Å². The van der Waals surface area contributed by atoms with Crippen LogP contribution in [0.25, 0.3) is 0 Å². The first-order valence-electron chi connectivity index (χ1n) is 8.61. The Labute approximate surface area is 156 Å². The van der Waals surface area contributed by atoms with Crippen molar-refractivity contribution in [1.82, 2.24) is 5.32 Å². The molecule has 0 saturated carbocycles. The molecule has 0 saturated heterocycles. The molecule has 0 spiro atoms. The Hall–Kier alpha value is -2.34. The third-order valence-corrected chi connectivity index (χ3v) is 5.31. The van der Waals surface area contributed by atoms with Gasteiger partial charge in [-0.15, -0.1) is 0 Å². The molecule has 140 valence electrons. The van der Waals surface area contributed by atoms with Crippen molar-refractivity contribution in [2.45, 2.75) is 39.8 Å². The van der Waals surface area contributed by atoms with Gasteiger partial charge >= 0.3 is 0 Å². The lowest BCUT2D eigenvalue weighted by Gasteiger charge is -2.30. The van der Waals surface area contributed by atoms with Crippen LogP contribution < -0.4 is 9.62 Å². The van der Waals surface area contributed by atoms with Crippen LogP contribution in [0.15, 0.2) is 48.5 Å². The molecule has 0 aliphatic heterocycles. The Kier molecular flexibility index (Phi) is 6.42. The van der Waals surface area contributed by atoms with Gasteiger partial charge in [-0.25, -0.2) is 8.42 Å². The maximum absolute atomic E-state index is 12.8. The highest BCUT2D eigenvalue weighted by atomic mass is 32.2. The molecule has 2 aromatic rings. The van der Waals surface area contributed by atoms with E-state index in [2.05, 4.69) is 5.32 Å². The fourth-order valence-corrected chi connectivity index (χ4v) is 4.16. The lowest BCUT2D eigenvalue weighted by molar-refractivity contribution is -0.122. The number of carbonyl (C=O) groups excluding carboxylic acids is 1. The zero-order chi connectivity index (χ0) is 19.3. The first-order chi connectivity index (χ1) is 12.2. The first-order valence-corrected chi connectivity index (χ1v) is 10.5. The number of anilines is 1. The molecule has 5 nitrogen and oxygen atoms in total. The average molecular weight is 375 g/mol. The van der Waals surface area contributed by atoms with Gasteiger partial charge in [-0.2, -0.15) is 0 Å². The number of sulfonamides is 1. The molecule has 0 unspecified atom stereocenters.